The zero-order chi connectivity index (χ0) is 11.9. The summed E-state index contributed by atoms with van der Waals surface area (Å²) < 4.78 is 29.3. The SMILES string of the molecule is C=CCO.O=S(=O)(O)c1ccc(O)cc1. The lowest BCUT2D eigenvalue weighted by Gasteiger charge is -1.94. The second kappa shape index (κ2) is 6.18. The molecule has 0 aliphatic heterocycles. The van der Waals surface area contributed by atoms with Gasteiger partial charge in [0.2, 0.25) is 0 Å². The van der Waals surface area contributed by atoms with E-state index in [1.807, 2.05) is 0 Å². The maximum atomic E-state index is 10.4. The van der Waals surface area contributed by atoms with E-state index in [9.17, 15) is 8.42 Å². The molecule has 5 nitrogen and oxygen atoms in total. The Labute approximate surface area is 88.1 Å². The standard InChI is InChI=1S/C6H6O4S.C3H6O/c7-5-1-3-6(4-2-5)11(8,9)10;1-2-3-4/h1-4,7H,(H,8,9,10);2,4H,1,3H2. The number of benzene rings is 1. The first-order chi connectivity index (χ1) is 6.91. The molecule has 0 saturated carbocycles. The van der Waals surface area contributed by atoms with Crippen molar-refractivity contribution in [2.75, 3.05) is 6.61 Å². The Bertz CT molecular complexity index is 393. The fourth-order valence-corrected chi connectivity index (χ4v) is 1.10. The van der Waals surface area contributed by atoms with Gasteiger partial charge >= 0.3 is 0 Å². The Kier molecular flexibility index (Phi) is 5.61. The largest absolute Gasteiger partial charge is 0.508 e. The second-order valence-corrected chi connectivity index (χ2v) is 3.86. The fraction of sp³-hybridized carbons (Fsp3) is 0.111. The molecule has 1 aromatic carbocycles. The first-order valence-electron chi connectivity index (χ1n) is 3.90. The molecule has 0 aliphatic rings. The van der Waals surface area contributed by atoms with E-state index in [1.165, 1.54) is 18.2 Å². The Morgan fingerprint density at radius 3 is 1.93 bits per heavy atom. The number of phenolic OH excluding ortho intramolecular Hbond substituents is 1. The minimum atomic E-state index is -4.13. The van der Waals surface area contributed by atoms with Crippen molar-refractivity contribution in [2.45, 2.75) is 4.90 Å². The lowest BCUT2D eigenvalue weighted by molar-refractivity contribution is 0.343. The molecular weight excluding hydrogens is 220 g/mol. The van der Waals surface area contributed by atoms with Crippen molar-refractivity contribution in [1.29, 1.82) is 0 Å². The number of rotatable bonds is 2. The predicted octanol–water partition coefficient (Wildman–Crippen LogP) is 0.804. The van der Waals surface area contributed by atoms with E-state index in [-0.39, 0.29) is 17.3 Å². The van der Waals surface area contributed by atoms with Gasteiger partial charge < -0.3 is 10.2 Å². The van der Waals surface area contributed by atoms with Crippen LogP contribution in [0.5, 0.6) is 5.75 Å². The molecule has 15 heavy (non-hydrogen) atoms. The van der Waals surface area contributed by atoms with Crippen molar-refractivity contribution in [3.8, 4) is 5.75 Å². The van der Waals surface area contributed by atoms with Crippen LogP contribution in [0.2, 0.25) is 0 Å². The highest BCUT2D eigenvalue weighted by molar-refractivity contribution is 7.85. The first kappa shape index (κ1) is 13.6. The van der Waals surface area contributed by atoms with Gasteiger partial charge in [0.25, 0.3) is 10.1 Å². The Hall–Kier alpha value is -1.37. The molecule has 3 N–H and O–H groups in total. The summed E-state index contributed by atoms with van der Waals surface area (Å²) in [6.45, 7) is 3.31. The predicted molar refractivity (Wildman–Crippen MR) is 55.2 cm³/mol. The Morgan fingerprint density at radius 2 is 1.67 bits per heavy atom. The number of aliphatic hydroxyl groups is 1. The van der Waals surface area contributed by atoms with E-state index in [2.05, 4.69) is 6.58 Å². The monoisotopic (exact) mass is 232 g/mol. The van der Waals surface area contributed by atoms with Crippen LogP contribution in [0, 0.1) is 0 Å². The third kappa shape index (κ3) is 5.84. The average Bonchev–Trinajstić information content (AvgIpc) is 2.17. The lowest BCUT2D eigenvalue weighted by Crippen LogP contribution is -1.96. The van der Waals surface area contributed by atoms with Crippen molar-refractivity contribution in [3.63, 3.8) is 0 Å². The van der Waals surface area contributed by atoms with Gasteiger partial charge in [0, 0.05) is 0 Å². The van der Waals surface area contributed by atoms with E-state index >= 15 is 0 Å². The van der Waals surface area contributed by atoms with Gasteiger partial charge in [-0.25, -0.2) is 0 Å². The third-order valence-corrected chi connectivity index (χ3v) is 2.13. The topological polar surface area (TPSA) is 94.8 Å². The van der Waals surface area contributed by atoms with Crippen LogP contribution >= 0.6 is 0 Å². The molecule has 0 spiro atoms. The number of hydrogen-bond acceptors (Lipinski definition) is 4. The minimum Gasteiger partial charge on any atom is -0.508 e. The molecule has 0 aliphatic carbocycles. The molecule has 0 amide bonds. The molecule has 0 aromatic heterocycles. The van der Waals surface area contributed by atoms with Crippen molar-refractivity contribution in [2.24, 2.45) is 0 Å². The maximum absolute atomic E-state index is 10.4. The quantitative estimate of drug-likeness (QED) is 0.518. The molecule has 0 bridgehead atoms. The number of aromatic hydroxyl groups is 1. The second-order valence-electron chi connectivity index (χ2n) is 2.44. The number of aliphatic hydroxyl groups excluding tert-OH is 1. The summed E-state index contributed by atoms with van der Waals surface area (Å²) >= 11 is 0. The fourth-order valence-electron chi connectivity index (χ4n) is 0.618. The molecule has 6 heteroatoms. The van der Waals surface area contributed by atoms with E-state index in [0.29, 0.717) is 0 Å². The summed E-state index contributed by atoms with van der Waals surface area (Å²) in [6.07, 6.45) is 1.43. The van der Waals surface area contributed by atoms with Gasteiger partial charge in [-0.05, 0) is 24.3 Å². The highest BCUT2D eigenvalue weighted by Gasteiger charge is 2.07. The summed E-state index contributed by atoms with van der Waals surface area (Å²) in [4.78, 5) is -0.227. The van der Waals surface area contributed by atoms with Crippen LogP contribution in [-0.4, -0.2) is 29.8 Å². The van der Waals surface area contributed by atoms with Crippen LogP contribution in [0.25, 0.3) is 0 Å². The van der Waals surface area contributed by atoms with Gasteiger partial charge in [0.1, 0.15) is 5.75 Å². The highest BCUT2D eigenvalue weighted by Crippen LogP contribution is 2.13. The summed E-state index contributed by atoms with van der Waals surface area (Å²) in [7, 11) is -4.13. The summed E-state index contributed by atoms with van der Waals surface area (Å²) in [5.41, 5.74) is 0. The molecule has 0 heterocycles. The van der Waals surface area contributed by atoms with Crippen LogP contribution < -0.4 is 0 Å². The Balaban J connectivity index is 0.000000423. The number of phenols is 1. The molecule has 0 radical (unpaired) electrons. The number of hydrogen-bond donors (Lipinski definition) is 3. The molecule has 0 saturated heterocycles. The van der Waals surface area contributed by atoms with Gasteiger partial charge in [-0.2, -0.15) is 8.42 Å². The van der Waals surface area contributed by atoms with E-state index in [0.717, 1.165) is 12.1 Å². The molecule has 1 rings (SSSR count). The van der Waals surface area contributed by atoms with E-state index in [1.54, 1.807) is 0 Å². The van der Waals surface area contributed by atoms with Gasteiger partial charge in [0.05, 0.1) is 11.5 Å². The maximum Gasteiger partial charge on any atom is 0.294 e. The van der Waals surface area contributed by atoms with Gasteiger partial charge in [-0.1, -0.05) is 6.08 Å². The summed E-state index contributed by atoms with van der Waals surface area (Å²) in [6, 6.07) is 4.60. The van der Waals surface area contributed by atoms with E-state index in [4.69, 9.17) is 14.8 Å². The molecular formula is C9H12O5S. The summed E-state index contributed by atoms with van der Waals surface area (Å²) in [5.74, 6) is -0.0441. The van der Waals surface area contributed by atoms with Gasteiger partial charge in [0.15, 0.2) is 0 Å². The van der Waals surface area contributed by atoms with Crippen molar-refractivity contribution in [1.82, 2.24) is 0 Å². The van der Waals surface area contributed by atoms with Crippen LogP contribution in [0.4, 0.5) is 0 Å². The van der Waals surface area contributed by atoms with Gasteiger partial charge in [-0.3, -0.25) is 4.55 Å². The molecule has 0 atom stereocenters. The van der Waals surface area contributed by atoms with Gasteiger partial charge in [-0.15, -0.1) is 6.58 Å². The van der Waals surface area contributed by atoms with Crippen LogP contribution in [0.15, 0.2) is 41.8 Å². The van der Waals surface area contributed by atoms with Crippen molar-refractivity contribution < 1.29 is 23.2 Å². The lowest BCUT2D eigenvalue weighted by atomic mass is 10.3. The molecule has 0 fully saturated rings. The Morgan fingerprint density at radius 1 is 1.27 bits per heavy atom. The van der Waals surface area contributed by atoms with Crippen molar-refractivity contribution in [3.05, 3.63) is 36.9 Å². The zero-order valence-corrected chi connectivity index (χ0v) is 8.68. The molecule has 84 valence electrons. The zero-order valence-electron chi connectivity index (χ0n) is 7.87. The minimum absolute atomic E-state index is 0.0441. The normalized spacial score (nSPS) is 10.0. The van der Waals surface area contributed by atoms with Crippen LogP contribution in [0.3, 0.4) is 0 Å². The van der Waals surface area contributed by atoms with E-state index < -0.39 is 10.1 Å². The molecule has 0 unspecified atom stereocenters. The average molecular weight is 232 g/mol. The first-order valence-corrected chi connectivity index (χ1v) is 5.34. The van der Waals surface area contributed by atoms with Crippen molar-refractivity contribution >= 4 is 10.1 Å². The van der Waals surface area contributed by atoms with Crippen LogP contribution in [-0.2, 0) is 10.1 Å². The highest BCUT2D eigenvalue weighted by atomic mass is 32.2. The third-order valence-electron chi connectivity index (χ3n) is 1.26. The summed E-state index contributed by atoms with van der Waals surface area (Å²) in [5, 5.41) is 16.5. The molecule has 1 aromatic rings. The van der Waals surface area contributed by atoms with Crippen LogP contribution in [0.1, 0.15) is 0 Å². The smallest absolute Gasteiger partial charge is 0.294 e.